The molecule has 0 spiro atoms. The van der Waals surface area contributed by atoms with Gasteiger partial charge in [0.2, 0.25) is 10.0 Å². The van der Waals surface area contributed by atoms with E-state index in [1.165, 1.54) is 24.3 Å². The molecular weight excluding hydrogens is 411 g/mol. The van der Waals surface area contributed by atoms with Crippen LogP contribution in [0.1, 0.15) is 28.8 Å². The van der Waals surface area contributed by atoms with E-state index < -0.39 is 21.7 Å². The minimum absolute atomic E-state index is 0.00917. The number of carbonyl (C=O) groups excluding carboxylic acids is 1. The maximum atomic E-state index is 13.6. The van der Waals surface area contributed by atoms with E-state index in [9.17, 15) is 17.6 Å². The van der Waals surface area contributed by atoms with E-state index in [1.807, 2.05) is 0 Å². The topological polar surface area (TPSA) is 75.3 Å². The lowest BCUT2D eigenvalue weighted by Crippen LogP contribution is -2.27. The smallest absolute Gasteiger partial charge is 0.252 e. The second kappa shape index (κ2) is 7.23. The third-order valence-electron chi connectivity index (χ3n) is 3.79. The van der Waals surface area contributed by atoms with Crippen molar-refractivity contribution in [2.75, 3.05) is 0 Å². The molecule has 1 aliphatic carbocycles. The maximum absolute atomic E-state index is 13.6. The van der Waals surface area contributed by atoms with Crippen LogP contribution < -0.4 is 10.0 Å². The van der Waals surface area contributed by atoms with Crippen LogP contribution in [0, 0.1) is 5.82 Å². The normalized spacial score (nSPS) is 14.3. The third-order valence-corrected chi connectivity index (χ3v) is 6.00. The summed E-state index contributed by atoms with van der Waals surface area (Å²) >= 11 is 3.25. The molecule has 0 saturated heterocycles. The molecule has 0 atom stereocenters. The number of carbonyl (C=O) groups is 1. The lowest BCUT2D eigenvalue weighted by molar-refractivity contribution is 0.0949. The second-order valence-corrected chi connectivity index (χ2v) is 8.38. The largest absolute Gasteiger partial charge is 0.348 e. The summed E-state index contributed by atoms with van der Waals surface area (Å²) < 4.78 is 41.2. The number of amides is 1. The van der Waals surface area contributed by atoms with Gasteiger partial charge in [-0.3, -0.25) is 4.79 Å². The highest BCUT2D eigenvalue weighted by Crippen LogP contribution is 2.25. The lowest BCUT2D eigenvalue weighted by atomic mass is 10.2. The molecule has 2 N–H and O–H groups in total. The average molecular weight is 427 g/mol. The van der Waals surface area contributed by atoms with Gasteiger partial charge in [0.15, 0.2) is 0 Å². The summed E-state index contributed by atoms with van der Waals surface area (Å²) in [6, 6.07) is 10.4. The molecule has 8 heteroatoms. The van der Waals surface area contributed by atoms with E-state index in [4.69, 9.17) is 0 Å². The van der Waals surface area contributed by atoms with Gasteiger partial charge in [0.05, 0.1) is 10.5 Å². The Bertz CT molecular complexity index is 914. The van der Waals surface area contributed by atoms with Crippen LogP contribution in [0.2, 0.25) is 0 Å². The predicted octanol–water partition coefficient (Wildman–Crippen LogP) is 2.96. The summed E-state index contributed by atoms with van der Waals surface area (Å²) in [6.07, 6.45) is 1.65. The van der Waals surface area contributed by atoms with Crippen molar-refractivity contribution in [2.45, 2.75) is 30.3 Å². The van der Waals surface area contributed by atoms with Gasteiger partial charge in [-0.15, -0.1) is 0 Å². The van der Waals surface area contributed by atoms with E-state index in [1.54, 1.807) is 18.2 Å². The number of hydrogen-bond acceptors (Lipinski definition) is 3. The monoisotopic (exact) mass is 426 g/mol. The van der Waals surface area contributed by atoms with Crippen molar-refractivity contribution in [1.82, 2.24) is 10.0 Å². The highest BCUT2D eigenvalue weighted by molar-refractivity contribution is 9.10. The fourth-order valence-corrected chi connectivity index (χ4v) is 4.00. The summed E-state index contributed by atoms with van der Waals surface area (Å²) in [5, 5.41) is 2.60. The van der Waals surface area contributed by atoms with Gasteiger partial charge in [0, 0.05) is 22.6 Å². The number of rotatable bonds is 6. The molecule has 25 heavy (non-hydrogen) atoms. The maximum Gasteiger partial charge on any atom is 0.252 e. The molecular formula is C17H16BrFN2O3S. The zero-order valence-corrected chi connectivity index (χ0v) is 15.5. The van der Waals surface area contributed by atoms with Crippen molar-refractivity contribution in [3.8, 4) is 0 Å². The summed E-state index contributed by atoms with van der Waals surface area (Å²) in [5.41, 5.74) is 0.529. The number of halogens is 2. The molecule has 0 unspecified atom stereocenters. The molecule has 1 fully saturated rings. The standard InChI is InChI=1S/C17H16BrFN2O3S/c18-15-8-7-13(25(23,24)21-12-5-6-12)9-14(15)17(22)20-10-11-3-1-2-4-16(11)19/h1-4,7-9,12,21H,5-6,10H2,(H,20,22). The van der Waals surface area contributed by atoms with Crippen molar-refractivity contribution in [1.29, 1.82) is 0 Å². The first kappa shape index (κ1) is 18.0. The quantitative estimate of drug-likeness (QED) is 0.745. The van der Waals surface area contributed by atoms with Crippen LogP contribution in [0.3, 0.4) is 0 Å². The van der Waals surface area contributed by atoms with Gasteiger partial charge in [-0.25, -0.2) is 17.5 Å². The summed E-state index contributed by atoms with van der Waals surface area (Å²) in [5.74, 6) is -0.898. The Morgan fingerprint density at radius 2 is 1.92 bits per heavy atom. The number of sulfonamides is 1. The van der Waals surface area contributed by atoms with Crippen LogP contribution in [0.4, 0.5) is 4.39 Å². The molecule has 0 heterocycles. The first-order valence-electron chi connectivity index (χ1n) is 7.70. The minimum atomic E-state index is -3.65. The highest BCUT2D eigenvalue weighted by Gasteiger charge is 2.28. The number of nitrogens with one attached hydrogen (secondary N) is 2. The zero-order valence-electron chi connectivity index (χ0n) is 13.1. The lowest BCUT2D eigenvalue weighted by Gasteiger charge is -2.10. The molecule has 132 valence electrons. The van der Waals surface area contributed by atoms with Gasteiger partial charge >= 0.3 is 0 Å². The molecule has 2 aromatic carbocycles. The van der Waals surface area contributed by atoms with E-state index >= 15 is 0 Å². The Hall–Kier alpha value is -1.77. The highest BCUT2D eigenvalue weighted by atomic mass is 79.9. The van der Waals surface area contributed by atoms with E-state index in [-0.39, 0.29) is 23.0 Å². The molecule has 0 bridgehead atoms. The molecule has 5 nitrogen and oxygen atoms in total. The number of hydrogen-bond donors (Lipinski definition) is 2. The molecule has 0 radical (unpaired) electrons. The molecule has 1 amide bonds. The first-order chi connectivity index (χ1) is 11.9. The van der Waals surface area contributed by atoms with Gasteiger partial charge < -0.3 is 5.32 Å². The molecule has 0 aliphatic heterocycles. The minimum Gasteiger partial charge on any atom is -0.348 e. The van der Waals surface area contributed by atoms with Gasteiger partial charge in [-0.1, -0.05) is 18.2 Å². The van der Waals surface area contributed by atoms with Gasteiger partial charge in [0.1, 0.15) is 5.82 Å². The Labute approximate surface area is 153 Å². The molecule has 1 aliphatic rings. The Morgan fingerprint density at radius 1 is 1.20 bits per heavy atom. The van der Waals surface area contributed by atoms with E-state index in [0.29, 0.717) is 10.0 Å². The van der Waals surface area contributed by atoms with Crippen LogP contribution in [-0.2, 0) is 16.6 Å². The Kier molecular flexibility index (Phi) is 5.21. The fourth-order valence-electron chi connectivity index (χ4n) is 2.25. The third kappa shape index (κ3) is 4.45. The number of benzene rings is 2. The Balaban J connectivity index is 1.77. The van der Waals surface area contributed by atoms with E-state index in [2.05, 4.69) is 26.0 Å². The van der Waals surface area contributed by atoms with Crippen LogP contribution in [0.5, 0.6) is 0 Å². The van der Waals surface area contributed by atoms with Crippen molar-refractivity contribution in [3.63, 3.8) is 0 Å². The predicted molar refractivity (Wildman–Crippen MR) is 95.1 cm³/mol. The van der Waals surface area contributed by atoms with Gasteiger partial charge in [-0.2, -0.15) is 0 Å². The summed E-state index contributed by atoms with van der Waals surface area (Å²) in [6.45, 7) is 0.00917. The van der Waals surface area contributed by atoms with Crippen molar-refractivity contribution in [3.05, 3.63) is 63.9 Å². The van der Waals surface area contributed by atoms with Crippen molar-refractivity contribution in [2.24, 2.45) is 0 Å². The van der Waals surface area contributed by atoms with Crippen molar-refractivity contribution >= 4 is 31.9 Å². The second-order valence-electron chi connectivity index (χ2n) is 5.81. The average Bonchev–Trinajstić information content (AvgIpc) is 3.37. The molecule has 1 saturated carbocycles. The molecule has 0 aromatic heterocycles. The van der Waals surface area contributed by atoms with Crippen LogP contribution in [0.25, 0.3) is 0 Å². The fraction of sp³-hybridized carbons (Fsp3) is 0.235. The van der Waals surface area contributed by atoms with E-state index in [0.717, 1.165) is 12.8 Å². The van der Waals surface area contributed by atoms with Crippen molar-refractivity contribution < 1.29 is 17.6 Å². The summed E-state index contributed by atoms with van der Waals surface area (Å²) in [7, 11) is -3.65. The Morgan fingerprint density at radius 3 is 2.60 bits per heavy atom. The zero-order chi connectivity index (χ0) is 18.0. The van der Waals surface area contributed by atoms with Gasteiger partial charge in [-0.05, 0) is 53.0 Å². The van der Waals surface area contributed by atoms with Crippen LogP contribution in [0.15, 0.2) is 51.8 Å². The summed E-state index contributed by atoms with van der Waals surface area (Å²) in [4.78, 5) is 12.4. The first-order valence-corrected chi connectivity index (χ1v) is 9.98. The van der Waals surface area contributed by atoms with Crippen LogP contribution in [-0.4, -0.2) is 20.4 Å². The van der Waals surface area contributed by atoms with Gasteiger partial charge in [0.25, 0.3) is 5.91 Å². The SMILES string of the molecule is O=C(NCc1ccccc1F)c1cc(S(=O)(=O)NC2CC2)ccc1Br. The molecule has 2 aromatic rings. The van der Waals surface area contributed by atoms with Crippen LogP contribution >= 0.6 is 15.9 Å². The molecule has 3 rings (SSSR count).